The fraction of sp³-hybridized carbons (Fsp3) is 0.169. The van der Waals surface area contributed by atoms with Gasteiger partial charge in [0.05, 0.1) is 0 Å². The van der Waals surface area contributed by atoms with Crippen molar-refractivity contribution in [1.82, 2.24) is 0 Å². The number of para-hydroxylation sites is 2. The molecule has 0 spiro atoms. The van der Waals surface area contributed by atoms with Crippen molar-refractivity contribution in [3.8, 4) is 44.5 Å². The summed E-state index contributed by atoms with van der Waals surface area (Å²) in [5, 5.41) is 4.76. The third-order valence-corrected chi connectivity index (χ3v) is 16.2. The van der Waals surface area contributed by atoms with Gasteiger partial charge in [0.25, 0.3) is 0 Å². The fourth-order valence-corrected chi connectivity index (χ4v) is 13.2. The summed E-state index contributed by atoms with van der Waals surface area (Å²) in [4.78, 5) is 2.50. The molecular weight excluding hydrogens is 827 g/mol. The lowest BCUT2D eigenvalue weighted by molar-refractivity contribution is 0.600. The number of anilines is 3. The Kier molecular flexibility index (Phi) is 7.73. The van der Waals surface area contributed by atoms with Crippen molar-refractivity contribution in [2.75, 3.05) is 4.90 Å². The van der Waals surface area contributed by atoms with Crippen LogP contribution >= 0.6 is 0 Å². The summed E-state index contributed by atoms with van der Waals surface area (Å²) in [6, 6.07) is 60.7. The number of hydrogen-bond donors (Lipinski definition) is 0. The summed E-state index contributed by atoms with van der Waals surface area (Å²) < 4.78 is 13.8. The molecule has 328 valence electrons. The first-order valence-electron chi connectivity index (χ1n) is 24.2. The van der Waals surface area contributed by atoms with Crippen LogP contribution in [0.15, 0.2) is 173 Å². The van der Waals surface area contributed by atoms with E-state index in [1.807, 2.05) is 0 Å². The predicted octanol–water partition coefficient (Wildman–Crippen LogP) is 18.2. The minimum atomic E-state index is -0.331. The van der Waals surface area contributed by atoms with Gasteiger partial charge in [-0.3, -0.25) is 0 Å². The number of rotatable bonds is 4. The Morgan fingerprint density at radius 3 is 1.56 bits per heavy atom. The lowest BCUT2D eigenvalue weighted by Crippen LogP contribution is -2.24. The predicted molar refractivity (Wildman–Crippen MR) is 283 cm³/mol. The van der Waals surface area contributed by atoms with Crippen molar-refractivity contribution < 1.29 is 8.83 Å². The minimum Gasteiger partial charge on any atom is -0.455 e. The highest BCUT2D eigenvalue weighted by molar-refractivity contribution is 6.21. The Hall–Kier alpha value is -7.62. The molecule has 3 nitrogen and oxygen atoms in total. The maximum Gasteiger partial charge on any atom is 0.144 e. The van der Waals surface area contributed by atoms with E-state index in [0.29, 0.717) is 0 Å². The van der Waals surface area contributed by atoms with Crippen molar-refractivity contribution in [2.24, 2.45) is 0 Å². The second-order valence-electron chi connectivity index (χ2n) is 21.4. The molecule has 0 aliphatic heterocycles. The van der Waals surface area contributed by atoms with Gasteiger partial charge < -0.3 is 13.7 Å². The van der Waals surface area contributed by atoms with Crippen LogP contribution in [0.25, 0.3) is 88.4 Å². The Morgan fingerprint density at radius 1 is 0.368 bits per heavy atom. The third kappa shape index (κ3) is 5.04. The van der Waals surface area contributed by atoms with Gasteiger partial charge in [-0.2, -0.15) is 0 Å². The largest absolute Gasteiger partial charge is 0.455 e. The lowest BCUT2D eigenvalue weighted by Gasteiger charge is -2.32. The van der Waals surface area contributed by atoms with Gasteiger partial charge in [-0.25, -0.2) is 0 Å². The van der Waals surface area contributed by atoms with E-state index in [1.54, 1.807) is 0 Å². The first-order valence-corrected chi connectivity index (χ1v) is 24.2. The normalized spacial score (nSPS) is 15.4. The van der Waals surface area contributed by atoms with Crippen LogP contribution in [0.5, 0.6) is 0 Å². The molecule has 0 amide bonds. The Labute approximate surface area is 397 Å². The zero-order chi connectivity index (χ0) is 46.2. The van der Waals surface area contributed by atoms with E-state index in [-0.39, 0.29) is 16.2 Å². The second kappa shape index (κ2) is 13.3. The van der Waals surface area contributed by atoms with Gasteiger partial charge in [-0.1, -0.05) is 151 Å². The molecule has 0 bridgehead atoms. The second-order valence-corrected chi connectivity index (χ2v) is 21.4. The van der Waals surface area contributed by atoms with Crippen molar-refractivity contribution in [3.63, 3.8) is 0 Å². The van der Waals surface area contributed by atoms with Crippen LogP contribution in [-0.4, -0.2) is 0 Å². The average Bonchev–Trinajstić information content (AvgIpc) is 4.08. The summed E-state index contributed by atoms with van der Waals surface area (Å²) in [7, 11) is 0. The highest BCUT2D eigenvalue weighted by atomic mass is 16.3. The van der Waals surface area contributed by atoms with Crippen LogP contribution in [-0.2, 0) is 16.2 Å². The third-order valence-electron chi connectivity index (χ3n) is 16.2. The summed E-state index contributed by atoms with van der Waals surface area (Å²) in [5.74, 6) is 0. The molecule has 0 N–H and O–H groups in total. The molecule has 3 aliphatic carbocycles. The number of aryl methyl sites for hydroxylation is 2. The van der Waals surface area contributed by atoms with Gasteiger partial charge in [0.1, 0.15) is 22.3 Å². The van der Waals surface area contributed by atoms with Crippen molar-refractivity contribution in [3.05, 3.63) is 208 Å². The number of hydrogen-bond acceptors (Lipinski definition) is 3. The maximum absolute atomic E-state index is 7.05. The van der Waals surface area contributed by atoms with E-state index >= 15 is 0 Å². The van der Waals surface area contributed by atoms with Crippen LogP contribution in [0, 0.1) is 13.8 Å². The quantitative estimate of drug-likeness (QED) is 0.176. The minimum absolute atomic E-state index is 0.208. The van der Waals surface area contributed by atoms with Gasteiger partial charge >= 0.3 is 0 Å². The zero-order valence-corrected chi connectivity index (χ0v) is 39.9. The van der Waals surface area contributed by atoms with E-state index in [9.17, 15) is 0 Å². The standard InChI is InChI=1S/C65H51NO2/c1-36-30-37(2)32-41(31-36)66(39-26-28-43-49(33-39)63(3,4)51-35-47(38-18-10-9-11-19-38)61-56(54(43)51)45-21-13-16-24-52(45)67-61)40-27-29-44-50(34-40)65(7,8)60-58(44)62-57(46-22-14-17-25-53(46)68-62)55-42-20-12-15-23-48(42)64(5,6)59(55)60/h9-35H,1-8H3. The molecule has 0 fully saturated rings. The Morgan fingerprint density at radius 2 is 0.882 bits per heavy atom. The molecule has 0 unspecified atom stereocenters. The molecule has 68 heavy (non-hydrogen) atoms. The molecule has 9 aromatic carbocycles. The average molecular weight is 878 g/mol. The number of fused-ring (bicyclic) bond motifs is 19. The van der Waals surface area contributed by atoms with E-state index in [4.69, 9.17) is 8.83 Å². The van der Waals surface area contributed by atoms with Gasteiger partial charge in [0.15, 0.2) is 0 Å². The summed E-state index contributed by atoms with van der Waals surface area (Å²) in [6.07, 6.45) is 0. The van der Waals surface area contributed by atoms with Crippen LogP contribution in [0.4, 0.5) is 17.1 Å². The molecule has 11 aromatic rings. The van der Waals surface area contributed by atoms with Crippen LogP contribution < -0.4 is 4.90 Å². The zero-order valence-electron chi connectivity index (χ0n) is 39.9. The number of furan rings is 2. The summed E-state index contributed by atoms with van der Waals surface area (Å²) >= 11 is 0. The Bertz CT molecular complexity index is 4000. The van der Waals surface area contributed by atoms with Crippen LogP contribution in [0.3, 0.4) is 0 Å². The molecule has 0 saturated heterocycles. The fourth-order valence-electron chi connectivity index (χ4n) is 13.2. The van der Waals surface area contributed by atoms with E-state index < -0.39 is 0 Å². The number of benzene rings is 9. The van der Waals surface area contributed by atoms with E-state index in [1.165, 1.54) is 94.0 Å². The van der Waals surface area contributed by atoms with Crippen LogP contribution in [0.2, 0.25) is 0 Å². The molecule has 2 heterocycles. The van der Waals surface area contributed by atoms with Gasteiger partial charge in [-0.05, 0) is 146 Å². The molecule has 0 saturated carbocycles. The molecule has 0 atom stereocenters. The topological polar surface area (TPSA) is 29.5 Å². The maximum atomic E-state index is 7.05. The smallest absolute Gasteiger partial charge is 0.144 e. The molecule has 3 aliphatic rings. The van der Waals surface area contributed by atoms with Gasteiger partial charge in [-0.15, -0.1) is 0 Å². The summed E-state index contributed by atoms with van der Waals surface area (Å²) in [6.45, 7) is 19.0. The van der Waals surface area contributed by atoms with E-state index in [2.05, 4.69) is 224 Å². The van der Waals surface area contributed by atoms with Crippen molar-refractivity contribution >= 4 is 60.9 Å². The lowest BCUT2D eigenvalue weighted by atomic mass is 9.72. The first-order chi connectivity index (χ1) is 32.8. The SMILES string of the molecule is Cc1cc(C)cc(N(c2ccc3c(c2)C(C)(C)c2cc(-c4ccccc4)c4oc5ccccc5c4c2-3)c2ccc3c(c2)C(C)(C)c2c4c(c5c(oc6ccccc65)c2-3)-c2ccccc2C4(C)C)c1. The monoisotopic (exact) mass is 877 g/mol. The van der Waals surface area contributed by atoms with E-state index in [0.717, 1.165) is 55.9 Å². The highest BCUT2D eigenvalue weighted by Gasteiger charge is 2.49. The molecule has 3 heteroatoms. The Balaban J connectivity index is 0.994. The number of nitrogens with zero attached hydrogens (tertiary/aromatic N) is 1. The highest BCUT2D eigenvalue weighted by Crippen LogP contribution is 2.64. The first kappa shape index (κ1) is 39.5. The molecular formula is C65H51NO2. The van der Waals surface area contributed by atoms with Crippen LogP contribution in [0.1, 0.15) is 86.1 Å². The molecule has 14 rings (SSSR count). The summed E-state index contributed by atoms with van der Waals surface area (Å²) in [5.41, 5.74) is 27.0. The van der Waals surface area contributed by atoms with Crippen molar-refractivity contribution in [2.45, 2.75) is 71.6 Å². The molecule has 2 aromatic heterocycles. The van der Waals surface area contributed by atoms with Gasteiger partial charge in [0.2, 0.25) is 0 Å². The van der Waals surface area contributed by atoms with Crippen molar-refractivity contribution in [1.29, 1.82) is 0 Å². The molecule has 0 radical (unpaired) electrons. The van der Waals surface area contributed by atoms with Gasteiger partial charge in [0, 0.05) is 66.0 Å².